The molecule has 9 atom stereocenters. The quantitative estimate of drug-likeness (QED) is 0.414. The van der Waals surface area contributed by atoms with Crippen molar-refractivity contribution in [2.75, 3.05) is 32.8 Å². The lowest BCUT2D eigenvalue weighted by atomic mass is 9.45. The van der Waals surface area contributed by atoms with Gasteiger partial charge in [0.1, 0.15) is 12.4 Å². The maximum Gasteiger partial charge on any atom is 0.193 e. The highest BCUT2D eigenvalue weighted by Gasteiger charge is 2.75. The molecule has 0 spiro atoms. The summed E-state index contributed by atoms with van der Waals surface area (Å²) >= 11 is 0. The molecule has 8 rings (SSSR count). The molecule has 2 aromatic rings. The normalized spacial score (nSPS) is 39.4. The lowest BCUT2D eigenvalue weighted by Gasteiger charge is -2.60. The zero-order valence-electron chi connectivity index (χ0n) is 27.9. The Morgan fingerprint density at radius 1 is 1.23 bits per heavy atom. The lowest BCUT2D eigenvalue weighted by molar-refractivity contribution is -0.202. The van der Waals surface area contributed by atoms with Crippen LogP contribution in [0, 0.1) is 34.4 Å². The van der Waals surface area contributed by atoms with Gasteiger partial charge in [-0.15, -0.1) is 0 Å². The van der Waals surface area contributed by atoms with E-state index in [-0.39, 0.29) is 34.8 Å². The van der Waals surface area contributed by atoms with Gasteiger partial charge in [-0.25, -0.2) is 9.07 Å². The van der Waals surface area contributed by atoms with E-state index in [2.05, 4.69) is 37.1 Å². The monoisotopic (exact) mass is 648 g/mol. The van der Waals surface area contributed by atoms with Gasteiger partial charge in [0.05, 0.1) is 29.8 Å². The second-order valence-electron chi connectivity index (χ2n) is 15.6. The lowest BCUT2D eigenvalue weighted by Crippen LogP contribution is -2.64. The van der Waals surface area contributed by atoms with Gasteiger partial charge in [-0.2, -0.15) is 5.10 Å². The van der Waals surface area contributed by atoms with Crippen molar-refractivity contribution in [3.05, 3.63) is 52.6 Å². The van der Waals surface area contributed by atoms with Gasteiger partial charge < -0.3 is 25.0 Å². The molecule has 1 aromatic heterocycles. The number of aliphatic hydroxyl groups excluding tert-OH is 2. The summed E-state index contributed by atoms with van der Waals surface area (Å²) in [7, 11) is 0. The van der Waals surface area contributed by atoms with Crippen LogP contribution in [-0.4, -0.2) is 87.6 Å². The van der Waals surface area contributed by atoms with Crippen molar-refractivity contribution in [2.45, 2.75) is 96.4 Å². The Balaban J connectivity index is 1.09. The summed E-state index contributed by atoms with van der Waals surface area (Å²) in [6.07, 6.45) is 8.00. The van der Waals surface area contributed by atoms with Gasteiger partial charge in [0, 0.05) is 43.7 Å². The number of ether oxygens (including phenoxy) is 2. The zero-order chi connectivity index (χ0) is 32.7. The number of allylic oxidation sites excluding steroid dienone is 1. The van der Waals surface area contributed by atoms with Crippen molar-refractivity contribution < 1.29 is 28.9 Å². The van der Waals surface area contributed by atoms with E-state index >= 15 is 0 Å². The number of benzene rings is 1. The molecule has 1 aromatic carbocycles. The van der Waals surface area contributed by atoms with Gasteiger partial charge in [0.25, 0.3) is 0 Å². The number of piperazine rings is 1. The summed E-state index contributed by atoms with van der Waals surface area (Å²) in [4.78, 5) is 15.9. The molecule has 0 unspecified atom stereocenters. The Morgan fingerprint density at radius 2 is 2.04 bits per heavy atom. The van der Waals surface area contributed by atoms with Crippen molar-refractivity contribution in [3.8, 4) is 5.69 Å². The topological polar surface area (TPSA) is 109 Å². The number of ketones is 1. The molecule has 10 heteroatoms. The standard InChI is InChI=1S/C37H49FN4O5/c1-4-5-33-46-32-16-27-26-8-6-24-15-29-23(17-35(24,2)34(26)30(44)18-36(27,3)37(32,47-33)31(45)21-43)19-40-42(29)25-7-9-28(38)22(14-25)20-41-12-10-39-11-13-41/h7,9,14-15,19,26-27,30,32-34,39,43-44H,4-6,8,10-13,16-18,20-21H2,1-3H3/t26-,27-,30-,32+,33-,34+,35-,36-,37+/m0/s1. The minimum absolute atomic E-state index is 0.0140. The van der Waals surface area contributed by atoms with Crippen LogP contribution in [0.4, 0.5) is 4.39 Å². The Morgan fingerprint density at radius 3 is 2.81 bits per heavy atom. The number of hydrogen-bond acceptors (Lipinski definition) is 8. The average Bonchev–Trinajstić information content (AvgIpc) is 3.70. The number of hydrogen-bond donors (Lipinski definition) is 3. The van der Waals surface area contributed by atoms with E-state index in [1.807, 2.05) is 23.0 Å². The summed E-state index contributed by atoms with van der Waals surface area (Å²) < 4.78 is 29.9. The third-order valence-electron chi connectivity index (χ3n) is 13.2. The summed E-state index contributed by atoms with van der Waals surface area (Å²) in [6.45, 7) is 10.1. The summed E-state index contributed by atoms with van der Waals surface area (Å²) in [5.74, 6) is -0.162. The third kappa shape index (κ3) is 4.62. The number of carbonyl (C=O) groups excluding carboxylic acids is 1. The zero-order valence-corrected chi connectivity index (χ0v) is 27.9. The van der Waals surface area contributed by atoms with Crippen LogP contribution in [0.15, 0.2) is 30.0 Å². The largest absolute Gasteiger partial charge is 0.393 e. The first-order valence-corrected chi connectivity index (χ1v) is 17.8. The van der Waals surface area contributed by atoms with E-state index in [0.29, 0.717) is 31.4 Å². The maximum absolute atomic E-state index is 15.0. The number of nitrogens with one attached hydrogen (secondary N) is 1. The third-order valence-corrected chi connectivity index (χ3v) is 13.2. The summed E-state index contributed by atoms with van der Waals surface area (Å²) in [5.41, 5.74) is 2.92. The molecule has 9 nitrogen and oxygen atoms in total. The predicted octanol–water partition coefficient (Wildman–Crippen LogP) is 4.02. The minimum atomic E-state index is -1.23. The fourth-order valence-corrected chi connectivity index (χ4v) is 11.1. The first-order valence-electron chi connectivity index (χ1n) is 17.8. The van der Waals surface area contributed by atoms with Crippen molar-refractivity contribution >= 4 is 11.9 Å². The van der Waals surface area contributed by atoms with Crippen LogP contribution in [0.3, 0.4) is 0 Å². The first-order chi connectivity index (χ1) is 22.6. The van der Waals surface area contributed by atoms with Crippen LogP contribution < -0.4 is 5.32 Å². The number of aromatic nitrogens is 2. The molecule has 2 saturated heterocycles. The number of nitrogens with zero attached hydrogens (tertiary/aromatic N) is 3. The molecule has 2 aliphatic heterocycles. The van der Waals surface area contributed by atoms with Crippen LogP contribution in [-0.2, 0) is 27.2 Å². The number of Topliss-reactive ketones (excluding diaryl/α,β-unsaturated/α-hetero) is 1. The van der Waals surface area contributed by atoms with E-state index in [1.54, 1.807) is 6.07 Å². The fraction of sp³-hybridized carbons (Fsp3) is 0.676. The van der Waals surface area contributed by atoms with Gasteiger partial charge in [-0.3, -0.25) is 9.69 Å². The molecule has 3 heterocycles. The van der Waals surface area contributed by atoms with E-state index in [1.165, 1.54) is 5.57 Å². The molecule has 0 amide bonds. The Bertz CT molecular complexity index is 1590. The maximum atomic E-state index is 15.0. The highest BCUT2D eigenvalue weighted by molar-refractivity contribution is 5.91. The molecule has 0 bridgehead atoms. The fourth-order valence-electron chi connectivity index (χ4n) is 11.1. The van der Waals surface area contributed by atoms with Gasteiger partial charge in [-0.05, 0) is 91.5 Å². The van der Waals surface area contributed by atoms with Crippen LogP contribution >= 0.6 is 0 Å². The highest BCUT2D eigenvalue weighted by atomic mass is 19.1. The molecular weight excluding hydrogens is 599 g/mol. The Hall–Kier alpha value is -2.47. The summed E-state index contributed by atoms with van der Waals surface area (Å²) in [6, 6.07) is 5.31. The molecule has 3 N–H and O–H groups in total. The number of rotatable bonds is 7. The smallest absolute Gasteiger partial charge is 0.193 e. The van der Waals surface area contributed by atoms with Gasteiger partial charge in [-0.1, -0.05) is 32.8 Å². The predicted molar refractivity (Wildman–Crippen MR) is 174 cm³/mol. The number of carbonyl (C=O) groups is 1. The Kier molecular flexibility index (Phi) is 7.82. The van der Waals surface area contributed by atoms with Crippen LogP contribution in [0.25, 0.3) is 11.8 Å². The molecule has 6 aliphatic rings. The van der Waals surface area contributed by atoms with Gasteiger partial charge >= 0.3 is 0 Å². The highest BCUT2D eigenvalue weighted by Crippen LogP contribution is 2.70. The van der Waals surface area contributed by atoms with E-state index in [4.69, 9.17) is 14.6 Å². The number of halogens is 1. The van der Waals surface area contributed by atoms with Crippen molar-refractivity contribution in [1.82, 2.24) is 20.0 Å². The molecular formula is C37H49FN4O5. The van der Waals surface area contributed by atoms with Crippen molar-refractivity contribution in [1.29, 1.82) is 0 Å². The SMILES string of the molecule is CCC[C@H]1O[C@@H]2C[C@H]3[C@@H]4CCC5=Cc6c(cnn6-c6ccc(F)c(CN7CCNCC7)c6)C[C@]5(C)[C@H]4[C@@H](O)C[C@]3(C)[C@]2(C(=O)CO)O1. The van der Waals surface area contributed by atoms with Gasteiger partial charge in [0.2, 0.25) is 0 Å². The second-order valence-corrected chi connectivity index (χ2v) is 15.6. The van der Waals surface area contributed by atoms with E-state index in [9.17, 15) is 19.4 Å². The van der Waals surface area contributed by atoms with E-state index < -0.39 is 36.1 Å². The number of fused-ring (bicyclic) bond motifs is 8. The van der Waals surface area contributed by atoms with E-state index in [0.717, 1.165) is 68.8 Å². The molecule has 3 saturated carbocycles. The van der Waals surface area contributed by atoms with Crippen LogP contribution in [0.5, 0.6) is 0 Å². The van der Waals surface area contributed by atoms with Gasteiger partial charge in [0.15, 0.2) is 17.7 Å². The molecule has 254 valence electrons. The number of aliphatic hydroxyl groups is 2. The molecule has 0 radical (unpaired) electrons. The van der Waals surface area contributed by atoms with Crippen molar-refractivity contribution in [2.24, 2.45) is 28.6 Å². The second kappa shape index (κ2) is 11.6. The first kappa shape index (κ1) is 31.8. The molecule has 4 aliphatic carbocycles. The summed E-state index contributed by atoms with van der Waals surface area (Å²) in [5, 5.41) is 30.5. The van der Waals surface area contributed by atoms with Crippen molar-refractivity contribution in [3.63, 3.8) is 0 Å². The molecule has 47 heavy (non-hydrogen) atoms. The minimum Gasteiger partial charge on any atom is -0.393 e. The average molecular weight is 649 g/mol. The van der Waals surface area contributed by atoms with Crippen LogP contribution in [0.2, 0.25) is 0 Å². The Labute approximate surface area is 276 Å². The molecule has 5 fully saturated rings. The van der Waals surface area contributed by atoms with Crippen LogP contribution in [0.1, 0.15) is 76.1 Å².